The van der Waals surface area contributed by atoms with Crippen molar-refractivity contribution in [1.82, 2.24) is 9.80 Å². The molecule has 0 aromatic carbocycles. The molecule has 2 rings (SSSR count). The lowest BCUT2D eigenvalue weighted by atomic mass is 10.1. The van der Waals surface area contributed by atoms with Gasteiger partial charge in [0, 0.05) is 36.8 Å². The van der Waals surface area contributed by atoms with Gasteiger partial charge in [0.2, 0.25) is 5.91 Å². The number of nitrogens with zero attached hydrogens (tertiary/aromatic N) is 2. The largest absolute Gasteiger partial charge is 0.478 e. The van der Waals surface area contributed by atoms with E-state index in [9.17, 15) is 9.59 Å². The maximum Gasteiger partial charge on any atom is 0.331 e. The summed E-state index contributed by atoms with van der Waals surface area (Å²) < 4.78 is 0. The third-order valence-electron chi connectivity index (χ3n) is 4.29. The molecule has 5 heteroatoms. The Kier molecular flexibility index (Phi) is 4.24. The van der Waals surface area contributed by atoms with Crippen molar-refractivity contribution < 1.29 is 14.7 Å². The fraction of sp³-hybridized carbons (Fsp3) is 0.714. The Balaban J connectivity index is 2.10. The minimum Gasteiger partial charge on any atom is -0.478 e. The maximum absolute atomic E-state index is 12.4. The Hall–Kier alpha value is -1.36. The summed E-state index contributed by atoms with van der Waals surface area (Å²) in [6.45, 7) is 6.77. The molecule has 0 saturated carbocycles. The van der Waals surface area contributed by atoms with Crippen molar-refractivity contribution in [3.63, 3.8) is 0 Å². The zero-order valence-corrected chi connectivity index (χ0v) is 11.7. The Labute approximate surface area is 113 Å². The summed E-state index contributed by atoms with van der Waals surface area (Å²) in [5, 5.41) is 8.97. The van der Waals surface area contributed by atoms with Gasteiger partial charge >= 0.3 is 5.97 Å². The van der Waals surface area contributed by atoms with Crippen molar-refractivity contribution in [1.29, 1.82) is 0 Å². The SMILES string of the molecule is CC(C(=O)O)=C(C)C(=O)N1CCCN2CCCC2C1. The van der Waals surface area contributed by atoms with E-state index in [0.717, 1.165) is 39.0 Å². The van der Waals surface area contributed by atoms with Crippen LogP contribution in [0.25, 0.3) is 0 Å². The van der Waals surface area contributed by atoms with Crippen LogP contribution in [0.1, 0.15) is 33.1 Å². The Bertz CT molecular complexity index is 417. The minimum atomic E-state index is -1.01. The average molecular weight is 266 g/mol. The summed E-state index contributed by atoms with van der Waals surface area (Å²) in [5.41, 5.74) is 0.511. The highest BCUT2D eigenvalue weighted by atomic mass is 16.4. The van der Waals surface area contributed by atoms with Gasteiger partial charge in [-0.1, -0.05) is 0 Å². The standard InChI is InChI=1S/C14H22N2O3/c1-10(11(2)14(18)19)13(17)16-8-4-7-15-6-3-5-12(15)9-16/h12H,3-9H2,1-2H3,(H,18,19). The van der Waals surface area contributed by atoms with E-state index in [1.807, 2.05) is 4.90 Å². The normalized spacial score (nSPS) is 25.6. The van der Waals surface area contributed by atoms with Crippen LogP contribution in [0.4, 0.5) is 0 Å². The fourth-order valence-corrected chi connectivity index (χ4v) is 2.95. The third kappa shape index (κ3) is 2.97. The lowest BCUT2D eigenvalue weighted by Crippen LogP contribution is -2.40. The van der Waals surface area contributed by atoms with Crippen LogP contribution in [0.3, 0.4) is 0 Å². The highest BCUT2D eigenvalue weighted by Gasteiger charge is 2.31. The second kappa shape index (κ2) is 5.74. The Morgan fingerprint density at radius 1 is 1.05 bits per heavy atom. The number of carboxylic acids is 1. The summed E-state index contributed by atoms with van der Waals surface area (Å²) in [6.07, 6.45) is 3.32. The molecule has 0 radical (unpaired) electrons. The molecule has 2 fully saturated rings. The van der Waals surface area contributed by atoms with E-state index in [-0.39, 0.29) is 11.5 Å². The molecule has 0 aromatic heterocycles. The van der Waals surface area contributed by atoms with Gasteiger partial charge in [-0.15, -0.1) is 0 Å². The van der Waals surface area contributed by atoms with Crippen LogP contribution in [0.15, 0.2) is 11.1 Å². The maximum atomic E-state index is 12.4. The van der Waals surface area contributed by atoms with Gasteiger partial charge in [-0.25, -0.2) is 4.79 Å². The van der Waals surface area contributed by atoms with Crippen LogP contribution in [0.5, 0.6) is 0 Å². The first-order chi connectivity index (χ1) is 9.00. The van der Waals surface area contributed by atoms with E-state index >= 15 is 0 Å². The van der Waals surface area contributed by atoms with Crippen molar-refractivity contribution in [3.05, 3.63) is 11.1 Å². The van der Waals surface area contributed by atoms with E-state index in [4.69, 9.17) is 5.11 Å². The van der Waals surface area contributed by atoms with Crippen molar-refractivity contribution in [2.75, 3.05) is 26.2 Å². The predicted molar refractivity (Wildman–Crippen MR) is 71.8 cm³/mol. The van der Waals surface area contributed by atoms with E-state index in [1.54, 1.807) is 6.92 Å². The number of hydrogen-bond donors (Lipinski definition) is 1. The van der Waals surface area contributed by atoms with Crippen LogP contribution in [-0.4, -0.2) is 59.0 Å². The summed E-state index contributed by atoms with van der Waals surface area (Å²) in [4.78, 5) is 27.6. The van der Waals surface area contributed by atoms with Gasteiger partial charge in [0.25, 0.3) is 0 Å². The monoisotopic (exact) mass is 266 g/mol. The molecule has 0 aromatic rings. The molecular weight excluding hydrogens is 244 g/mol. The number of amides is 1. The number of carbonyl (C=O) groups excluding carboxylic acids is 1. The molecule has 0 bridgehead atoms. The highest BCUT2D eigenvalue weighted by Crippen LogP contribution is 2.22. The van der Waals surface area contributed by atoms with Crippen LogP contribution >= 0.6 is 0 Å². The Morgan fingerprint density at radius 3 is 2.42 bits per heavy atom. The number of carbonyl (C=O) groups is 2. The first-order valence-electron chi connectivity index (χ1n) is 6.95. The first kappa shape index (κ1) is 14.1. The molecule has 0 spiro atoms. The van der Waals surface area contributed by atoms with E-state index in [2.05, 4.69) is 4.90 Å². The lowest BCUT2D eigenvalue weighted by molar-refractivity contribution is -0.134. The molecule has 5 nitrogen and oxygen atoms in total. The van der Waals surface area contributed by atoms with Crippen molar-refractivity contribution >= 4 is 11.9 Å². The smallest absolute Gasteiger partial charge is 0.331 e. The second-order valence-electron chi connectivity index (χ2n) is 5.49. The molecule has 2 heterocycles. The van der Waals surface area contributed by atoms with Crippen molar-refractivity contribution in [2.24, 2.45) is 0 Å². The van der Waals surface area contributed by atoms with E-state index in [0.29, 0.717) is 11.6 Å². The van der Waals surface area contributed by atoms with Gasteiger partial charge in [-0.3, -0.25) is 9.69 Å². The molecule has 2 saturated heterocycles. The summed E-state index contributed by atoms with van der Waals surface area (Å²) in [5.74, 6) is -1.13. The first-order valence-corrected chi connectivity index (χ1v) is 6.95. The third-order valence-corrected chi connectivity index (χ3v) is 4.29. The molecular formula is C14H22N2O3. The summed E-state index contributed by atoms with van der Waals surface area (Å²) in [6, 6.07) is 0.462. The van der Waals surface area contributed by atoms with Crippen LogP contribution < -0.4 is 0 Å². The average Bonchev–Trinajstić information content (AvgIpc) is 2.73. The summed E-state index contributed by atoms with van der Waals surface area (Å²) in [7, 11) is 0. The van der Waals surface area contributed by atoms with Gasteiger partial charge in [0.05, 0.1) is 0 Å². The zero-order valence-electron chi connectivity index (χ0n) is 11.7. The van der Waals surface area contributed by atoms with Crippen LogP contribution in [0.2, 0.25) is 0 Å². The van der Waals surface area contributed by atoms with Gasteiger partial charge in [-0.2, -0.15) is 0 Å². The summed E-state index contributed by atoms with van der Waals surface area (Å²) >= 11 is 0. The molecule has 1 atom stereocenters. The quantitative estimate of drug-likeness (QED) is 0.760. The number of aliphatic carboxylic acids is 1. The van der Waals surface area contributed by atoms with Crippen molar-refractivity contribution in [2.45, 2.75) is 39.2 Å². The molecule has 2 aliphatic heterocycles. The van der Waals surface area contributed by atoms with Crippen LogP contribution in [0, 0.1) is 0 Å². The number of fused-ring (bicyclic) bond motifs is 1. The molecule has 19 heavy (non-hydrogen) atoms. The number of rotatable bonds is 2. The van der Waals surface area contributed by atoms with Crippen molar-refractivity contribution in [3.8, 4) is 0 Å². The molecule has 1 unspecified atom stereocenters. The molecule has 106 valence electrons. The van der Waals surface area contributed by atoms with E-state index < -0.39 is 5.97 Å². The molecule has 1 amide bonds. The molecule has 2 aliphatic rings. The highest BCUT2D eigenvalue weighted by molar-refractivity contribution is 6.01. The second-order valence-corrected chi connectivity index (χ2v) is 5.49. The minimum absolute atomic E-state index is 0.117. The van der Waals surface area contributed by atoms with Gasteiger partial charge in [-0.05, 0) is 39.7 Å². The molecule has 1 N–H and O–H groups in total. The van der Waals surface area contributed by atoms with Gasteiger partial charge in [0.15, 0.2) is 0 Å². The van der Waals surface area contributed by atoms with Gasteiger partial charge in [0.1, 0.15) is 0 Å². The topological polar surface area (TPSA) is 60.9 Å². The number of carboxylic acid groups (broad SMARTS) is 1. The number of hydrogen-bond acceptors (Lipinski definition) is 3. The fourth-order valence-electron chi connectivity index (χ4n) is 2.95. The van der Waals surface area contributed by atoms with Crippen LogP contribution in [-0.2, 0) is 9.59 Å². The van der Waals surface area contributed by atoms with Gasteiger partial charge < -0.3 is 10.0 Å². The predicted octanol–water partition coefficient (Wildman–Crippen LogP) is 1.10. The van der Waals surface area contributed by atoms with E-state index in [1.165, 1.54) is 13.3 Å². The Morgan fingerprint density at radius 2 is 1.74 bits per heavy atom. The molecule has 0 aliphatic carbocycles. The lowest BCUT2D eigenvalue weighted by Gasteiger charge is -2.26. The zero-order chi connectivity index (χ0) is 14.0.